The van der Waals surface area contributed by atoms with Crippen molar-refractivity contribution in [1.29, 1.82) is 0 Å². The van der Waals surface area contributed by atoms with E-state index in [1.807, 2.05) is 0 Å². The second-order valence-corrected chi connectivity index (χ2v) is 4.63. The zero-order valence-electron chi connectivity index (χ0n) is 9.63. The van der Waals surface area contributed by atoms with E-state index in [-0.39, 0.29) is 12.1 Å². The summed E-state index contributed by atoms with van der Waals surface area (Å²) in [4.78, 5) is 0. The van der Waals surface area contributed by atoms with Crippen LogP contribution in [0.3, 0.4) is 0 Å². The number of aliphatic hydroxyl groups is 1. The Kier molecular flexibility index (Phi) is 4.07. The maximum Gasteiger partial charge on any atom is 0.130 e. The molecule has 2 nitrogen and oxygen atoms in total. The van der Waals surface area contributed by atoms with Crippen molar-refractivity contribution in [3.63, 3.8) is 0 Å². The smallest absolute Gasteiger partial charge is 0.130 e. The van der Waals surface area contributed by atoms with Gasteiger partial charge in [-0.2, -0.15) is 0 Å². The Bertz CT molecular complexity index is 384. The molecule has 0 radical (unpaired) electrons. The summed E-state index contributed by atoms with van der Waals surface area (Å²) in [5, 5.41) is 12.7. The lowest BCUT2D eigenvalue weighted by atomic mass is 9.93. The van der Waals surface area contributed by atoms with Crippen LogP contribution >= 0.6 is 0 Å². The summed E-state index contributed by atoms with van der Waals surface area (Å²) in [5.74, 6) is -1.08. The van der Waals surface area contributed by atoms with Crippen LogP contribution in [0.1, 0.15) is 31.2 Å². The third kappa shape index (κ3) is 3.48. The van der Waals surface area contributed by atoms with E-state index in [0.717, 1.165) is 25.3 Å². The Labute approximate surface area is 99.7 Å². The molecule has 1 aliphatic rings. The molecule has 1 aromatic carbocycles. The Hall–Kier alpha value is -1.00. The molecule has 2 unspecified atom stereocenters. The highest BCUT2D eigenvalue weighted by Gasteiger charge is 2.19. The molecule has 2 N–H and O–H groups in total. The molecule has 0 heterocycles. The summed E-state index contributed by atoms with van der Waals surface area (Å²) in [6, 6.07) is 3.84. The number of nitrogens with one attached hydrogen (secondary N) is 1. The van der Waals surface area contributed by atoms with Crippen LogP contribution in [0.4, 0.5) is 8.78 Å². The average molecular weight is 241 g/mol. The predicted molar refractivity (Wildman–Crippen MR) is 61.5 cm³/mol. The zero-order chi connectivity index (χ0) is 12.3. The molecule has 0 amide bonds. The van der Waals surface area contributed by atoms with Gasteiger partial charge in [-0.05, 0) is 31.7 Å². The van der Waals surface area contributed by atoms with Crippen molar-refractivity contribution < 1.29 is 13.9 Å². The van der Waals surface area contributed by atoms with Gasteiger partial charge in [0.15, 0.2) is 0 Å². The van der Waals surface area contributed by atoms with E-state index in [1.54, 1.807) is 0 Å². The summed E-state index contributed by atoms with van der Waals surface area (Å²) in [5.41, 5.74) is 0.464. The number of rotatable bonds is 3. The van der Waals surface area contributed by atoms with E-state index in [1.165, 1.54) is 12.1 Å². The second-order valence-electron chi connectivity index (χ2n) is 4.63. The predicted octanol–water partition coefficient (Wildman–Crippen LogP) is 2.36. The van der Waals surface area contributed by atoms with Crippen molar-refractivity contribution >= 4 is 0 Å². The van der Waals surface area contributed by atoms with E-state index in [9.17, 15) is 13.9 Å². The van der Waals surface area contributed by atoms with Crippen LogP contribution in [0.25, 0.3) is 0 Å². The molecule has 1 saturated carbocycles. The highest BCUT2D eigenvalue weighted by Crippen LogP contribution is 2.19. The van der Waals surface area contributed by atoms with E-state index < -0.39 is 11.6 Å². The van der Waals surface area contributed by atoms with Crippen LogP contribution in [-0.4, -0.2) is 17.3 Å². The summed E-state index contributed by atoms with van der Waals surface area (Å²) in [6.45, 7) is 0.378. The fourth-order valence-corrected chi connectivity index (χ4v) is 2.27. The van der Waals surface area contributed by atoms with Crippen molar-refractivity contribution in [3.8, 4) is 0 Å². The fourth-order valence-electron chi connectivity index (χ4n) is 2.27. The van der Waals surface area contributed by atoms with Crippen molar-refractivity contribution in [2.24, 2.45) is 0 Å². The number of hydrogen-bond donors (Lipinski definition) is 2. The van der Waals surface area contributed by atoms with Gasteiger partial charge in [-0.3, -0.25) is 0 Å². The van der Waals surface area contributed by atoms with Crippen LogP contribution in [0.2, 0.25) is 0 Å². The minimum Gasteiger partial charge on any atom is -0.393 e. The maximum absolute atomic E-state index is 13.4. The topological polar surface area (TPSA) is 32.3 Å². The van der Waals surface area contributed by atoms with Gasteiger partial charge in [0, 0.05) is 24.2 Å². The summed E-state index contributed by atoms with van der Waals surface area (Å²) in [7, 11) is 0. The van der Waals surface area contributed by atoms with E-state index in [2.05, 4.69) is 5.32 Å². The summed E-state index contributed by atoms with van der Waals surface area (Å²) >= 11 is 0. The Balaban J connectivity index is 1.88. The van der Waals surface area contributed by atoms with Gasteiger partial charge in [0.1, 0.15) is 11.6 Å². The van der Waals surface area contributed by atoms with Crippen molar-refractivity contribution in [2.75, 3.05) is 0 Å². The third-order valence-corrected chi connectivity index (χ3v) is 3.24. The molecule has 1 aromatic rings. The van der Waals surface area contributed by atoms with Gasteiger partial charge in [0.25, 0.3) is 0 Å². The van der Waals surface area contributed by atoms with Gasteiger partial charge in [0.05, 0.1) is 6.10 Å². The monoisotopic (exact) mass is 241 g/mol. The molecule has 0 aromatic heterocycles. The maximum atomic E-state index is 13.4. The van der Waals surface area contributed by atoms with Crippen molar-refractivity contribution in [3.05, 3.63) is 35.4 Å². The van der Waals surface area contributed by atoms with E-state index >= 15 is 0 Å². The normalized spacial score (nSPS) is 24.9. The SMILES string of the molecule is OC1CCCC(NCc2ccc(F)cc2F)C1. The van der Waals surface area contributed by atoms with Crippen LogP contribution in [-0.2, 0) is 6.54 Å². The number of aliphatic hydroxyl groups excluding tert-OH is 1. The lowest BCUT2D eigenvalue weighted by molar-refractivity contribution is 0.111. The first-order chi connectivity index (χ1) is 8.15. The first-order valence-electron chi connectivity index (χ1n) is 6.00. The first-order valence-corrected chi connectivity index (χ1v) is 6.00. The molecule has 17 heavy (non-hydrogen) atoms. The minimum absolute atomic E-state index is 0.225. The Morgan fingerprint density at radius 2 is 2.12 bits per heavy atom. The van der Waals surface area contributed by atoms with Crippen LogP contribution in [0.5, 0.6) is 0 Å². The summed E-state index contributed by atoms with van der Waals surface area (Å²) in [6.07, 6.45) is 3.30. The van der Waals surface area contributed by atoms with E-state index in [4.69, 9.17) is 0 Å². The molecule has 2 rings (SSSR count). The Morgan fingerprint density at radius 3 is 2.82 bits per heavy atom. The van der Waals surface area contributed by atoms with E-state index in [0.29, 0.717) is 18.5 Å². The second kappa shape index (κ2) is 5.56. The van der Waals surface area contributed by atoms with Crippen LogP contribution in [0, 0.1) is 11.6 Å². The lowest BCUT2D eigenvalue weighted by Crippen LogP contribution is -2.35. The number of benzene rings is 1. The van der Waals surface area contributed by atoms with Gasteiger partial charge in [-0.25, -0.2) is 8.78 Å². The molecule has 0 saturated heterocycles. The van der Waals surface area contributed by atoms with Gasteiger partial charge in [-0.15, -0.1) is 0 Å². The molecule has 0 bridgehead atoms. The molecule has 94 valence electrons. The quantitative estimate of drug-likeness (QED) is 0.851. The number of hydrogen-bond acceptors (Lipinski definition) is 2. The van der Waals surface area contributed by atoms with Crippen LogP contribution in [0.15, 0.2) is 18.2 Å². The highest BCUT2D eigenvalue weighted by atomic mass is 19.1. The standard InChI is InChI=1S/C13H17F2NO/c14-10-5-4-9(13(15)6-10)8-16-11-2-1-3-12(17)7-11/h4-6,11-12,16-17H,1-3,7-8H2. The highest BCUT2D eigenvalue weighted by molar-refractivity contribution is 5.18. The molecule has 1 fully saturated rings. The van der Waals surface area contributed by atoms with Gasteiger partial charge in [0.2, 0.25) is 0 Å². The first kappa shape index (κ1) is 12.5. The molecule has 2 atom stereocenters. The molecular weight excluding hydrogens is 224 g/mol. The number of halogens is 2. The van der Waals surface area contributed by atoms with Crippen LogP contribution < -0.4 is 5.32 Å². The van der Waals surface area contributed by atoms with Crippen molar-refractivity contribution in [2.45, 2.75) is 44.4 Å². The third-order valence-electron chi connectivity index (χ3n) is 3.24. The molecule has 0 aliphatic heterocycles. The fraction of sp³-hybridized carbons (Fsp3) is 0.538. The molecule has 1 aliphatic carbocycles. The van der Waals surface area contributed by atoms with Gasteiger partial charge >= 0.3 is 0 Å². The largest absolute Gasteiger partial charge is 0.393 e. The minimum atomic E-state index is -0.556. The molecule has 4 heteroatoms. The van der Waals surface area contributed by atoms with Gasteiger partial charge in [-0.1, -0.05) is 6.07 Å². The molecular formula is C13H17F2NO. The Morgan fingerprint density at radius 1 is 1.29 bits per heavy atom. The van der Waals surface area contributed by atoms with Gasteiger partial charge < -0.3 is 10.4 Å². The lowest BCUT2D eigenvalue weighted by Gasteiger charge is -2.26. The average Bonchev–Trinajstić information content (AvgIpc) is 2.28. The van der Waals surface area contributed by atoms with Crippen molar-refractivity contribution in [1.82, 2.24) is 5.32 Å². The molecule has 0 spiro atoms. The zero-order valence-corrected chi connectivity index (χ0v) is 9.63. The summed E-state index contributed by atoms with van der Waals surface area (Å²) < 4.78 is 26.1.